The summed E-state index contributed by atoms with van der Waals surface area (Å²) in [7, 11) is -3.95. The summed E-state index contributed by atoms with van der Waals surface area (Å²) in [6.45, 7) is 2.09. The van der Waals surface area contributed by atoms with Gasteiger partial charge in [0.1, 0.15) is 11.4 Å². The summed E-state index contributed by atoms with van der Waals surface area (Å²) in [5, 5.41) is 0. The number of aryl methyl sites for hydroxylation is 1. The van der Waals surface area contributed by atoms with Crippen molar-refractivity contribution in [3.05, 3.63) is 46.8 Å². The van der Waals surface area contributed by atoms with E-state index < -0.39 is 22.1 Å². The van der Waals surface area contributed by atoms with Gasteiger partial charge in [0, 0.05) is 43.9 Å². The lowest BCUT2D eigenvalue weighted by Gasteiger charge is -2.34. The van der Waals surface area contributed by atoms with Crippen molar-refractivity contribution in [2.45, 2.75) is 37.4 Å². The zero-order valence-electron chi connectivity index (χ0n) is 17.7. The summed E-state index contributed by atoms with van der Waals surface area (Å²) < 4.78 is 67.6. The van der Waals surface area contributed by atoms with Crippen molar-refractivity contribution in [2.24, 2.45) is 0 Å². The normalized spacial score (nSPS) is 17.7. The molecule has 1 aromatic heterocycles. The fraction of sp³-hybridized carbons (Fsp3) is 0.429. The van der Waals surface area contributed by atoms with Gasteiger partial charge in [-0.15, -0.1) is 13.2 Å². The largest absolute Gasteiger partial charge is 0.573 e. The van der Waals surface area contributed by atoms with Gasteiger partial charge in [0.2, 0.25) is 10.0 Å². The highest BCUT2D eigenvalue weighted by Crippen LogP contribution is 2.28. The highest BCUT2D eigenvalue weighted by atomic mass is 32.2. The van der Waals surface area contributed by atoms with Gasteiger partial charge in [-0.2, -0.15) is 4.31 Å². The molecule has 1 aliphatic heterocycles. The number of hydrogen-bond acceptors (Lipinski definition) is 5. The molecule has 0 bridgehead atoms. The van der Waals surface area contributed by atoms with Crippen LogP contribution in [0.25, 0.3) is 0 Å². The monoisotopic (exact) mass is 485 g/mol. The van der Waals surface area contributed by atoms with Crippen LogP contribution in [-0.2, 0) is 16.4 Å². The number of fused-ring (bicyclic) bond motifs is 1. The highest BCUT2D eigenvalue weighted by Gasteiger charge is 2.34. The number of ketones is 1. The van der Waals surface area contributed by atoms with Gasteiger partial charge in [0.15, 0.2) is 5.78 Å². The Bertz CT molecular complexity index is 1180. The van der Waals surface area contributed by atoms with Gasteiger partial charge in [0.05, 0.1) is 4.90 Å². The predicted molar refractivity (Wildman–Crippen MR) is 111 cm³/mol. The second kappa shape index (κ2) is 8.49. The zero-order chi connectivity index (χ0) is 24.0. The van der Waals surface area contributed by atoms with Gasteiger partial charge in [-0.25, -0.2) is 8.42 Å². The Kier molecular flexibility index (Phi) is 5.99. The van der Waals surface area contributed by atoms with E-state index in [4.69, 9.17) is 0 Å². The molecule has 1 fully saturated rings. The number of rotatable bonds is 4. The van der Waals surface area contributed by atoms with E-state index in [2.05, 4.69) is 9.72 Å². The third-order valence-electron chi connectivity index (χ3n) is 5.87. The number of halogens is 3. The number of nitrogens with one attached hydrogen (secondary N) is 1. The number of aromatic nitrogens is 1. The first-order chi connectivity index (χ1) is 15.5. The lowest BCUT2D eigenvalue weighted by atomic mass is 9.94. The highest BCUT2D eigenvalue weighted by molar-refractivity contribution is 7.89. The number of hydrogen-bond donors (Lipinski definition) is 1. The van der Waals surface area contributed by atoms with E-state index in [1.165, 1.54) is 9.21 Å². The SMILES string of the molecule is Cc1c(C(=O)N2CCN(S(=O)(=O)c3ccc(OC(F)(F)F)cc3)CC2)[nH]c2c1C(=O)CCC2. The first kappa shape index (κ1) is 23.3. The van der Waals surface area contributed by atoms with Crippen LogP contribution >= 0.6 is 0 Å². The average molecular weight is 485 g/mol. The molecule has 2 heterocycles. The standard InChI is InChI=1S/C21H22F3N3O5S/c1-13-18-16(3-2-4-17(18)28)25-19(13)20(29)26-9-11-27(12-10-26)33(30,31)15-7-5-14(6-8-15)32-21(22,23)24/h5-8,25H,2-4,9-12H2,1H3. The number of Topliss-reactive ketones (excluding diaryl/α,β-unsaturated/α-hetero) is 1. The molecule has 1 amide bonds. The Hall–Kier alpha value is -2.86. The molecule has 178 valence electrons. The Morgan fingerprint density at radius 1 is 1.06 bits per heavy atom. The number of aromatic amines is 1. The Morgan fingerprint density at radius 2 is 1.70 bits per heavy atom. The second-order valence-electron chi connectivity index (χ2n) is 7.97. The maximum absolute atomic E-state index is 13.0. The van der Waals surface area contributed by atoms with Crippen LogP contribution in [0, 0.1) is 6.92 Å². The van der Waals surface area contributed by atoms with Gasteiger partial charge >= 0.3 is 6.36 Å². The maximum Gasteiger partial charge on any atom is 0.573 e. The van der Waals surface area contributed by atoms with Crippen molar-refractivity contribution in [1.82, 2.24) is 14.2 Å². The Labute approximate surface area is 188 Å². The van der Waals surface area contributed by atoms with E-state index in [-0.39, 0.29) is 42.8 Å². The number of nitrogens with zero attached hydrogens (tertiary/aromatic N) is 2. The Balaban J connectivity index is 1.43. The molecule has 0 spiro atoms. The van der Waals surface area contributed by atoms with E-state index in [0.29, 0.717) is 29.7 Å². The van der Waals surface area contributed by atoms with Crippen molar-refractivity contribution in [2.75, 3.05) is 26.2 Å². The minimum Gasteiger partial charge on any atom is -0.406 e. The lowest BCUT2D eigenvalue weighted by molar-refractivity contribution is -0.274. The number of carbonyl (C=O) groups is 2. The van der Waals surface area contributed by atoms with Crippen LogP contribution in [0.15, 0.2) is 29.2 Å². The minimum atomic E-state index is -4.87. The number of piperazine rings is 1. The van der Waals surface area contributed by atoms with Crippen LogP contribution in [0.3, 0.4) is 0 Å². The average Bonchev–Trinajstić information content (AvgIpc) is 3.10. The Morgan fingerprint density at radius 3 is 2.27 bits per heavy atom. The molecule has 1 aliphatic carbocycles. The molecule has 4 rings (SSSR count). The molecule has 1 aromatic carbocycles. The van der Waals surface area contributed by atoms with E-state index in [0.717, 1.165) is 36.4 Å². The van der Waals surface area contributed by atoms with E-state index >= 15 is 0 Å². The summed E-state index contributed by atoms with van der Waals surface area (Å²) in [6.07, 6.45) is -2.97. The van der Waals surface area contributed by atoms with Gasteiger partial charge in [0.25, 0.3) is 5.91 Å². The van der Waals surface area contributed by atoms with Crippen LogP contribution in [-0.4, -0.2) is 66.8 Å². The van der Waals surface area contributed by atoms with Crippen LogP contribution in [0.5, 0.6) is 5.75 Å². The summed E-state index contributed by atoms with van der Waals surface area (Å²) >= 11 is 0. The number of amides is 1. The van der Waals surface area contributed by atoms with E-state index in [1.54, 1.807) is 6.92 Å². The van der Waals surface area contributed by atoms with Gasteiger partial charge < -0.3 is 14.6 Å². The first-order valence-electron chi connectivity index (χ1n) is 10.4. The van der Waals surface area contributed by atoms with Gasteiger partial charge in [-0.1, -0.05) is 0 Å². The molecule has 2 aliphatic rings. The molecular formula is C21H22F3N3O5S. The van der Waals surface area contributed by atoms with Crippen LogP contribution in [0.4, 0.5) is 13.2 Å². The molecule has 8 nitrogen and oxygen atoms in total. The van der Waals surface area contributed by atoms with E-state index in [9.17, 15) is 31.2 Å². The molecular weight excluding hydrogens is 463 g/mol. The topological polar surface area (TPSA) is 99.8 Å². The number of H-pyrrole nitrogens is 1. The molecule has 0 atom stereocenters. The molecule has 33 heavy (non-hydrogen) atoms. The van der Waals surface area contributed by atoms with Gasteiger partial charge in [-0.3, -0.25) is 9.59 Å². The maximum atomic E-state index is 13.0. The van der Waals surface area contributed by atoms with Crippen molar-refractivity contribution in [3.8, 4) is 5.75 Å². The predicted octanol–water partition coefficient (Wildman–Crippen LogP) is 2.89. The fourth-order valence-corrected chi connectivity index (χ4v) is 5.66. The summed E-state index contributed by atoms with van der Waals surface area (Å²) in [5.41, 5.74) is 2.33. The molecule has 0 radical (unpaired) electrons. The van der Waals surface area contributed by atoms with E-state index in [1.807, 2.05) is 0 Å². The molecule has 2 aromatic rings. The summed E-state index contributed by atoms with van der Waals surface area (Å²) in [6, 6.07) is 3.99. The number of ether oxygens (including phenoxy) is 1. The van der Waals surface area contributed by atoms with Crippen molar-refractivity contribution in [3.63, 3.8) is 0 Å². The number of carbonyl (C=O) groups excluding carboxylic acids is 2. The minimum absolute atomic E-state index is 0.0200. The third-order valence-corrected chi connectivity index (χ3v) is 7.78. The van der Waals surface area contributed by atoms with Crippen molar-refractivity contribution < 1.29 is 35.9 Å². The smallest absolute Gasteiger partial charge is 0.406 e. The molecule has 0 unspecified atom stereocenters. The zero-order valence-corrected chi connectivity index (χ0v) is 18.6. The number of sulfonamides is 1. The lowest BCUT2D eigenvalue weighted by Crippen LogP contribution is -2.50. The number of benzene rings is 1. The molecule has 1 N–H and O–H groups in total. The summed E-state index contributed by atoms with van der Waals surface area (Å²) in [4.78, 5) is 29.7. The molecule has 0 saturated carbocycles. The number of alkyl halides is 3. The van der Waals surface area contributed by atoms with Crippen LogP contribution in [0.2, 0.25) is 0 Å². The van der Waals surface area contributed by atoms with Gasteiger partial charge in [-0.05, 0) is 49.6 Å². The van der Waals surface area contributed by atoms with Crippen LogP contribution in [0.1, 0.15) is 44.9 Å². The first-order valence-corrected chi connectivity index (χ1v) is 11.8. The molecule has 1 saturated heterocycles. The molecule has 12 heteroatoms. The fourth-order valence-electron chi connectivity index (χ4n) is 4.24. The van der Waals surface area contributed by atoms with Crippen LogP contribution < -0.4 is 4.74 Å². The third kappa shape index (κ3) is 4.62. The summed E-state index contributed by atoms with van der Waals surface area (Å²) in [5.74, 6) is -0.786. The van der Waals surface area contributed by atoms with Crippen molar-refractivity contribution >= 4 is 21.7 Å². The second-order valence-corrected chi connectivity index (χ2v) is 9.91. The quantitative estimate of drug-likeness (QED) is 0.718. The van der Waals surface area contributed by atoms with Crippen molar-refractivity contribution in [1.29, 1.82) is 0 Å².